The van der Waals surface area contributed by atoms with Gasteiger partial charge in [0.2, 0.25) is 5.91 Å². The topological polar surface area (TPSA) is 71.4 Å². The zero-order valence-electron chi connectivity index (χ0n) is 14.0. The molecule has 23 heavy (non-hydrogen) atoms. The molecule has 1 aromatic rings. The molecule has 0 aliphatic carbocycles. The van der Waals surface area contributed by atoms with Crippen molar-refractivity contribution < 1.29 is 9.53 Å². The molecule has 2 N–H and O–H groups in total. The molecule has 2 aliphatic rings. The van der Waals surface area contributed by atoms with Crippen molar-refractivity contribution in [2.75, 3.05) is 45.9 Å². The van der Waals surface area contributed by atoms with Gasteiger partial charge in [-0.2, -0.15) is 5.10 Å². The first-order chi connectivity index (χ1) is 11.1. The summed E-state index contributed by atoms with van der Waals surface area (Å²) < 4.78 is 7.16. The molecule has 0 bridgehead atoms. The summed E-state index contributed by atoms with van der Waals surface area (Å²) in [6, 6.07) is 0.149. The minimum Gasteiger partial charge on any atom is -0.379 e. The smallest absolute Gasteiger partial charge is 0.225 e. The van der Waals surface area contributed by atoms with Crippen LogP contribution in [-0.4, -0.2) is 72.6 Å². The van der Waals surface area contributed by atoms with E-state index in [4.69, 9.17) is 4.74 Å². The highest BCUT2D eigenvalue weighted by atomic mass is 16.5. The van der Waals surface area contributed by atoms with E-state index >= 15 is 0 Å². The largest absolute Gasteiger partial charge is 0.379 e. The maximum absolute atomic E-state index is 12.7. The number of hydrogen-bond acceptors (Lipinski definition) is 5. The second-order valence-electron chi connectivity index (χ2n) is 6.64. The maximum atomic E-state index is 12.7. The number of aromatic nitrogens is 2. The van der Waals surface area contributed by atoms with Crippen molar-refractivity contribution in [2.45, 2.75) is 18.9 Å². The number of hydrogen-bond donors (Lipinski definition) is 2. The van der Waals surface area contributed by atoms with Crippen LogP contribution in [0.3, 0.4) is 0 Å². The second kappa shape index (κ2) is 7.42. The number of nitrogens with zero attached hydrogens (tertiary/aromatic N) is 3. The number of carbonyl (C=O) groups is 1. The van der Waals surface area contributed by atoms with Gasteiger partial charge in [0.25, 0.3) is 0 Å². The molecule has 1 amide bonds. The van der Waals surface area contributed by atoms with Gasteiger partial charge in [-0.15, -0.1) is 0 Å². The summed E-state index contributed by atoms with van der Waals surface area (Å²) in [5.74, 6) is 0.329. The fourth-order valence-electron chi connectivity index (χ4n) is 3.50. The van der Waals surface area contributed by atoms with E-state index in [9.17, 15) is 4.79 Å². The molecule has 0 aromatic carbocycles. The lowest BCUT2D eigenvalue weighted by atomic mass is 9.90. The first kappa shape index (κ1) is 16.4. The fraction of sp³-hybridized carbons (Fsp3) is 0.750. The van der Waals surface area contributed by atoms with Gasteiger partial charge in [0.1, 0.15) is 0 Å². The molecule has 0 radical (unpaired) electrons. The first-order valence-corrected chi connectivity index (χ1v) is 8.43. The lowest BCUT2D eigenvalue weighted by Gasteiger charge is -2.30. The van der Waals surface area contributed by atoms with Crippen LogP contribution in [0.25, 0.3) is 0 Å². The van der Waals surface area contributed by atoms with Gasteiger partial charge in [-0.25, -0.2) is 0 Å². The summed E-state index contributed by atoms with van der Waals surface area (Å²) in [4.78, 5) is 15.0. The Kier molecular flexibility index (Phi) is 5.30. The Balaban J connectivity index is 1.54. The predicted molar refractivity (Wildman–Crippen MR) is 87.2 cm³/mol. The fourth-order valence-corrected chi connectivity index (χ4v) is 3.50. The van der Waals surface area contributed by atoms with Gasteiger partial charge < -0.3 is 15.4 Å². The van der Waals surface area contributed by atoms with Crippen LogP contribution in [-0.2, 0) is 16.6 Å². The highest BCUT2D eigenvalue weighted by molar-refractivity contribution is 5.80. The van der Waals surface area contributed by atoms with Gasteiger partial charge in [0.05, 0.1) is 25.3 Å². The molecule has 1 unspecified atom stereocenters. The van der Waals surface area contributed by atoms with E-state index in [1.165, 1.54) is 0 Å². The Morgan fingerprint density at radius 2 is 2.26 bits per heavy atom. The number of amides is 1. The van der Waals surface area contributed by atoms with Crippen molar-refractivity contribution in [3.05, 3.63) is 18.0 Å². The summed E-state index contributed by atoms with van der Waals surface area (Å²) in [5.41, 5.74) is 1.14. The maximum Gasteiger partial charge on any atom is 0.225 e. The van der Waals surface area contributed by atoms with E-state index in [1.54, 1.807) is 4.68 Å². The van der Waals surface area contributed by atoms with Gasteiger partial charge >= 0.3 is 0 Å². The number of rotatable bonds is 5. The molecule has 1 aromatic heterocycles. The van der Waals surface area contributed by atoms with Crippen molar-refractivity contribution in [2.24, 2.45) is 13.0 Å². The van der Waals surface area contributed by atoms with E-state index in [0.29, 0.717) is 0 Å². The van der Waals surface area contributed by atoms with Crippen molar-refractivity contribution in [1.82, 2.24) is 25.3 Å². The van der Waals surface area contributed by atoms with Crippen LogP contribution in [0.5, 0.6) is 0 Å². The summed E-state index contributed by atoms with van der Waals surface area (Å²) in [6.07, 6.45) is 3.88. The monoisotopic (exact) mass is 321 g/mol. The first-order valence-electron chi connectivity index (χ1n) is 8.43. The summed E-state index contributed by atoms with van der Waals surface area (Å²) in [6.45, 7) is 8.00. The number of nitrogens with one attached hydrogen (secondary N) is 2. The third kappa shape index (κ3) is 4.10. The van der Waals surface area contributed by atoms with Crippen LogP contribution in [0.15, 0.2) is 12.4 Å². The molecule has 7 nitrogen and oxygen atoms in total. The highest BCUT2D eigenvalue weighted by Crippen LogP contribution is 2.27. The molecule has 3 heterocycles. The van der Waals surface area contributed by atoms with Gasteiger partial charge in [0, 0.05) is 57.9 Å². The molecule has 3 atom stereocenters. The van der Waals surface area contributed by atoms with Gasteiger partial charge in [-0.05, 0) is 12.5 Å². The third-order valence-electron chi connectivity index (χ3n) is 4.73. The predicted octanol–water partition coefficient (Wildman–Crippen LogP) is -0.440. The van der Waals surface area contributed by atoms with E-state index in [2.05, 4.69) is 27.6 Å². The van der Waals surface area contributed by atoms with Gasteiger partial charge in [-0.3, -0.25) is 14.4 Å². The third-order valence-corrected chi connectivity index (χ3v) is 4.73. The normalized spacial score (nSPS) is 27.0. The standard InChI is InChI=1S/C16H27N5O2/c1-12(10-21-3-5-23-6-4-21)19-16(22)15-9-17-8-14(15)13-7-18-20(2)11-13/h7,11-12,14-15,17H,3-6,8-10H2,1-2H3,(H,19,22)/t12?,14-,15+/m1/s1. The average molecular weight is 321 g/mol. The molecule has 0 spiro atoms. The van der Waals surface area contributed by atoms with Crippen molar-refractivity contribution >= 4 is 5.91 Å². The Morgan fingerprint density at radius 3 is 2.96 bits per heavy atom. The van der Waals surface area contributed by atoms with Crippen LogP contribution >= 0.6 is 0 Å². The van der Waals surface area contributed by atoms with Gasteiger partial charge in [0.15, 0.2) is 0 Å². The molecular formula is C16H27N5O2. The molecule has 0 saturated carbocycles. The summed E-state index contributed by atoms with van der Waals surface area (Å²) >= 11 is 0. The Bertz CT molecular complexity index is 526. The molecule has 2 aliphatic heterocycles. The SMILES string of the molecule is CC(CN1CCOCC1)NC(=O)[C@H]1CNC[C@@H]1c1cnn(C)c1. The molecule has 7 heteroatoms. The number of carbonyl (C=O) groups excluding carboxylic acids is 1. The Labute approximate surface area is 137 Å². The van der Waals surface area contributed by atoms with Crippen LogP contribution in [0, 0.1) is 5.92 Å². The van der Waals surface area contributed by atoms with E-state index in [1.807, 2.05) is 19.4 Å². The zero-order valence-corrected chi connectivity index (χ0v) is 14.0. The highest BCUT2D eigenvalue weighted by Gasteiger charge is 2.35. The average Bonchev–Trinajstić information content (AvgIpc) is 3.16. The van der Waals surface area contributed by atoms with Crippen LogP contribution < -0.4 is 10.6 Å². The molecule has 2 fully saturated rings. The van der Waals surface area contributed by atoms with Crippen LogP contribution in [0.2, 0.25) is 0 Å². The number of morpholine rings is 1. The number of ether oxygens (including phenoxy) is 1. The Morgan fingerprint density at radius 1 is 1.48 bits per heavy atom. The van der Waals surface area contributed by atoms with Crippen molar-refractivity contribution in [3.63, 3.8) is 0 Å². The lowest BCUT2D eigenvalue weighted by molar-refractivity contribution is -0.125. The second-order valence-corrected chi connectivity index (χ2v) is 6.64. The lowest BCUT2D eigenvalue weighted by Crippen LogP contribution is -2.48. The summed E-state index contributed by atoms with van der Waals surface area (Å²) in [7, 11) is 1.91. The summed E-state index contributed by atoms with van der Waals surface area (Å²) in [5, 5.41) is 10.8. The Hall–Kier alpha value is -1.44. The zero-order chi connectivity index (χ0) is 16.2. The molecule has 2 saturated heterocycles. The van der Waals surface area contributed by atoms with E-state index in [0.717, 1.165) is 51.5 Å². The van der Waals surface area contributed by atoms with Crippen molar-refractivity contribution in [1.29, 1.82) is 0 Å². The molecule has 3 rings (SSSR count). The van der Waals surface area contributed by atoms with Crippen molar-refractivity contribution in [3.8, 4) is 0 Å². The minimum absolute atomic E-state index is 0.0219. The quantitative estimate of drug-likeness (QED) is 0.769. The molecular weight excluding hydrogens is 294 g/mol. The molecule has 128 valence electrons. The van der Waals surface area contributed by atoms with Crippen LogP contribution in [0.4, 0.5) is 0 Å². The number of aryl methyl sites for hydroxylation is 1. The van der Waals surface area contributed by atoms with E-state index < -0.39 is 0 Å². The van der Waals surface area contributed by atoms with Gasteiger partial charge in [-0.1, -0.05) is 0 Å². The van der Waals surface area contributed by atoms with Crippen LogP contribution in [0.1, 0.15) is 18.4 Å². The minimum atomic E-state index is -0.0219. The van der Waals surface area contributed by atoms with E-state index in [-0.39, 0.29) is 23.8 Å².